The van der Waals surface area contributed by atoms with Gasteiger partial charge in [0.1, 0.15) is 36.6 Å². The maximum atomic E-state index is 13.3. The highest BCUT2D eigenvalue weighted by molar-refractivity contribution is 5.80. The second-order valence-electron chi connectivity index (χ2n) is 27.8. The highest BCUT2D eigenvalue weighted by Gasteiger charge is 2.44. The Kier molecular flexibility index (Phi) is 63.0. The summed E-state index contributed by atoms with van der Waals surface area (Å²) in [5, 5.41) is 76.6. The van der Waals surface area contributed by atoms with Crippen LogP contribution in [0.25, 0.3) is 0 Å². The normalized spacial score (nSPS) is 18.6. The lowest BCUT2D eigenvalue weighted by molar-refractivity contribution is -0.303. The highest BCUT2D eigenvalue weighted by Crippen LogP contribution is 2.25. The predicted octanol–water partition coefficient (Wildman–Crippen LogP) is 19.6. The molecule has 1 aliphatic rings. The van der Waals surface area contributed by atoms with Gasteiger partial charge in [-0.05, 0) is 12.8 Å². The number of hydrogen-bond donors (Lipinski definition) is 8. The summed E-state index contributed by atoms with van der Waals surface area (Å²) in [4.78, 5) is 13.3. The van der Waals surface area contributed by atoms with Crippen LogP contribution in [0.1, 0.15) is 412 Å². The summed E-state index contributed by atoms with van der Waals surface area (Å²) < 4.78 is 11.2. The van der Waals surface area contributed by atoms with Crippen LogP contribution in [0, 0.1) is 0 Å². The molecular formula is C76H151NO10. The first-order chi connectivity index (χ1) is 42.7. The molecule has 0 saturated carbocycles. The van der Waals surface area contributed by atoms with E-state index in [4.69, 9.17) is 9.47 Å². The predicted molar refractivity (Wildman–Crippen MR) is 367 cm³/mol. The van der Waals surface area contributed by atoms with Crippen LogP contribution < -0.4 is 5.32 Å². The van der Waals surface area contributed by atoms with Gasteiger partial charge >= 0.3 is 0 Å². The third-order valence-electron chi connectivity index (χ3n) is 19.4. The van der Waals surface area contributed by atoms with Crippen molar-refractivity contribution in [3.8, 4) is 0 Å². The fourth-order valence-electron chi connectivity index (χ4n) is 13.2. The number of aliphatic hydroxyl groups excluding tert-OH is 7. The van der Waals surface area contributed by atoms with Gasteiger partial charge in [0, 0.05) is 0 Å². The molecule has 87 heavy (non-hydrogen) atoms. The lowest BCUT2D eigenvalue weighted by Crippen LogP contribution is -2.60. The van der Waals surface area contributed by atoms with Crippen LogP contribution in [0.5, 0.6) is 0 Å². The van der Waals surface area contributed by atoms with E-state index in [0.29, 0.717) is 19.3 Å². The van der Waals surface area contributed by atoms with Crippen molar-refractivity contribution in [3.05, 3.63) is 0 Å². The molecule has 0 spiro atoms. The highest BCUT2D eigenvalue weighted by atomic mass is 16.7. The molecule has 0 radical (unpaired) electrons. The van der Waals surface area contributed by atoms with Crippen molar-refractivity contribution in [1.82, 2.24) is 5.32 Å². The molecule has 0 aromatic carbocycles. The number of hydrogen-bond acceptors (Lipinski definition) is 10. The summed E-state index contributed by atoms with van der Waals surface area (Å²) in [6.07, 6.45) is 69.3. The molecule has 0 aromatic heterocycles. The summed E-state index contributed by atoms with van der Waals surface area (Å²) in [5.74, 6) is -0.686. The molecular weight excluding hydrogens is 1090 g/mol. The van der Waals surface area contributed by atoms with Crippen LogP contribution in [0.15, 0.2) is 0 Å². The molecule has 0 aromatic rings. The molecule has 11 nitrogen and oxygen atoms in total. The van der Waals surface area contributed by atoms with Crippen LogP contribution in [-0.4, -0.2) is 110 Å². The number of nitrogens with one attached hydrogen (secondary N) is 1. The Balaban J connectivity index is 2.09. The third-order valence-corrected chi connectivity index (χ3v) is 19.4. The Morgan fingerprint density at radius 2 is 0.598 bits per heavy atom. The van der Waals surface area contributed by atoms with Crippen LogP contribution >= 0.6 is 0 Å². The van der Waals surface area contributed by atoms with Crippen LogP contribution in [0.2, 0.25) is 0 Å². The summed E-state index contributed by atoms with van der Waals surface area (Å²) in [6, 6.07) is -1.16. The number of unbranched alkanes of at least 4 members (excludes halogenated alkanes) is 58. The lowest BCUT2D eigenvalue weighted by atomic mass is 9.98. The average molecular weight is 1240 g/mol. The fourth-order valence-corrected chi connectivity index (χ4v) is 13.2. The second-order valence-corrected chi connectivity index (χ2v) is 27.8. The van der Waals surface area contributed by atoms with Gasteiger partial charge < -0.3 is 50.5 Å². The van der Waals surface area contributed by atoms with Gasteiger partial charge in [-0.15, -0.1) is 0 Å². The van der Waals surface area contributed by atoms with Gasteiger partial charge in [0.15, 0.2) is 6.29 Å². The van der Waals surface area contributed by atoms with Crippen molar-refractivity contribution in [2.75, 3.05) is 13.2 Å². The van der Waals surface area contributed by atoms with Crippen LogP contribution in [0.4, 0.5) is 0 Å². The van der Waals surface area contributed by atoms with E-state index in [1.54, 1.807) is 0 Å². The standard InChI is InChI=1S/C76H151NO10/c1-3-5-7-9-11-13-15-17-19-21-23-25-27-28-29-30-31-32-33-34-35-36-37-38-39-40-41-42-44-46-48-50-52-54-56-58-60-62-64-69(80)75(85)77-67(66-86-76-74(84)73(83)72(82)70(65-78)87-76)71(81)68(79)63-61-59-57-55-53-51-49-47-45-43-26-24-22-20-18-16-14-12-10-8-6-4-2/h67-74,76,78-84H,3-66H2,1-2H3,(H,77,85). The minimum Gasteiger partial charge on any atom is -0.394 e. The third kappa shape index (κ3) is 52.2. The van der Waals surface area contributed by atoms with E-state index in [0.717, 1.165) is 38.5 Å². The minimum absolute atomic E-state index is 0.268. The number of amides is 1. The number of carbonyl (C=O) groups excluding carboxylic acids is 1. The van der Waals surface area contributed by atoms with E-state index in [2.05, 4.69) is 19.2 Å². The lowest BCUT2D eigenvalue weighted by Gasteiger charge is -2.40. The van der Waals surface area contributed by atoms with Crippen LogP contribution in [-0.2, 0) is 14.3 Å². The molecule has 8 N–H and O–H groups in total. The van der Waals surface area contributed by atoms with Gasteiger partial charge in [-0.25, -0.2) is 0 Å². The van der Waals surface area contributed by atoms with Gasteiger partial charge in [-0.3, -0.25) is 4.79 Å². The van der Waals surface area contributed by atoms with E-state index in [1.165, 1.54) is 334 Å². The van der Waals surface area contributed by atoms with Gasteiger partial charge in [0.2, 0.25) is 5.91 Å². The van der Waals surface area contributed by atoms with Gasteiger partial charge in [0.25, 0.3) is 0 Å². The summed E-state index contributed by atoms with van der Waals surface area (Å²) >= 11 is 0. The summed E-state index contributed by atoms with van der Waals surface area (Å²) in [6.45, 7) is 3.54. The molecule has 1 aliphatic heterocycles. The molecule has 1 rings (SSSR count). The zero-order valence-corrected chi connectivity index (χ0v) is 57.8. The Bertz CT molecular complexity index is 1380. The van der Waals surface area contributed by atoms with Crippen molar-refractivity contribution in [1.29, 1.82) is 0 Å². The van der Waals surface area contributed by atoms with Gasteiger partial charge in [-0.2, -0.15) is 0 Å². The van der Waals surface area contributed by atoms with E-state index >= 15 is 0 Å². The van der Waals surface area contributed by atoms with Crippen LogP contribution in [0.3, 0.4) is 0 Å². The first-order valence-corrected chi connectivity index (χ1v) is 38.9. The minimum atomic E-state index is -1.66. The molecule has 9 unspecified atom stereocenters. The number of ether oxygens (including phenoxy) is 2. The Morgan fingerprint density at radius 3 is 0.851 bits per heavy atom. The van der Waals surface area contributed by atoms with E-state index < -0.39 is 74.2 Å². The Hall–Kier alpha value is -0.890. The van der Waals surface area contributed by atoms with Crippen molar-refractivity contribution in [2.45, 2.75) is 467 Å². The SMILES string of the molecule is CCCCCCCCCCCCCCCCCCCCCCCCCCCCCCCCCCCCCCCCC(O)C(=O)NC(COC1OC(CO)C(O)C(O)C1O)C(O)C(O)CCCCCCCCCCCCCCCCCCCCCCCC. The quantitative estimate of drug-likeness (QED) is 0.0272. The maximum absolute atomic E-state index is 13.3. The Labute approximate surface area is 539 Å². The molecule has 1 heterocycles. The fraction of sp³-hybridized carbons (Fsp3) is 0.987. The van der Waals surface area contributed by atoms with E-state index in [1.807, 2.05) is 0 Å². The summed E-state index contributed by atoms with van der Waals surface area (Å²) in [7, 11) is 0. The average Bonchev–Trinajstić information content (AvgIpc) is 1.96. The number of carbonyl (C=O) groups is 1. The van der Waals surface area contributed by atoms with Crippen molar-refractivity contribution in [3.63, 3.8) is 0 Å². The molecule has 0 aliphatic carbocycles. The topological polar surface area (TPSA) is 189 Å². The molecule has 1 saturated heterocycles. The van der Waals surface area contributed by atoms with E-state index in [9.17, 15) is 40.5 Å². The molecule has 0 bridgehead atoms. The largest absolute Gasteiger partial charge is 0.394 e. The monoisotopic (exact) mass is 1240 g/mol. The van der Waals surface area contributed by atoms with Gasteiger partial charge in [-0.1, -0.05) is 399 Å². The first-order valence-electron chi connectivity index (χ1n) is 38.9. The second kappa shape index (κ2) is 65.2. The number of rotatable bonds is 70. The van der Waals surface area contributed by atoms with Crippen molar-refractivity contribution < 1.29 is 50.0 Å². The van der Waals surface area contributed by atoms with E-state index in [-0.39, 0.29) is 6.42 Å². The van der Waals surface area contributed by atoms with Crippen molar-refractivity contribution >= 4 is 5.91 Å². The van der Waals surface area contributed by atoms with Gasteiger partial charge in [0.05, 0.1) is 25.4 Å². The Morgan fingerprint density at radius 1 is 0.356 bits per heavy atom. The smallest absolute Gasteiger partial charge is 0.249 e. The molecule has 1 amide bonds. The zero-order valence-electron chi connectivity index (χ0n) is 57.8. The molecule has 11 heteroatoms. The maximum Gasteiger partial charge on any atom is 0.249 e. The summed E-state index contributed by atoms with van der Waals surface area (Å²) in [5.41, 5.74) is 0. The molecule has 520 valence electrons. The molecule has 9 atom stereocenters. The van der Waals surface area contributed by atoms with Crippen molar-refractivity contribution in [2.24, 2.45) is 0 Å². The number of aliphatic hydroxyl groups is 7. The first kappa shape index (κ1) is 84.1. The zero-order chi connectivity index (χ0) is 63.1. The molecule has 1 fully saturated rings.